The van der Waals surface area contributed by atoms with Crippen molar-refractivity contribution in [2.75, 3.05) is 6.61 Å². The van der Waals surface area contributed by atoms with Gasteiger partial charge in [-0.25, -0.2) is 0 Å². The van der Waals surface area contributed by atoms with E-state index in [1.807, 2.05) is 0 Å². The monoisotopic (exact) mass is 211 g/mol. The molecule has 0 spiro atoms. The molecule has 0 aliphatic rings. The molecule has 0 unspecified atom stereocenters. The van der Waals surface area contributed by atoms with Crippen molar-refractivity contribution in [1.82, 2.24) is 4.57 Å². The Morgan fingerprint density at radius 3 is 3.00 bits per heavy atom. The smallest absolute Gasteiger partial charge is 0.307 e. The van der Waals surface area contributed by atoms with Crippen molar-refractivity contribution in [2.45, 2.75) is 19.9 Å². The second kappa shape index (κ2) is 5.19. The van der Waals surface area contributed by atoms with E-state index in [2.05, 4.69) is 0 Å². The van der Waals surface area contributed by atoms with Gasteiger partial charge in [0.2, 0.25) is 0 Å². The average molecular weight is 211 g/mol. The lowest BCUT2D eigenvalue weighted by molar-refractivity contribution is -0.143. The molecule has 1 heterocycles. The lowest BCUT2D eigenvalue weighted by Gasteiger charge is -2.05. The Labute approximate surface area is 86.9 Å². The number of hydrogen-bond donors (Lipinski definition) is 1. The van der Waals surface area contributed by atoms with Crippen molar-refractivity contribution < 1.29 is 14.6 Å². The molecule has 0 aliphatic heterocycles. The second-order valence-electron chi connectivity index (χ2n) is 2.95. The molecule has 0 aliphatic carbocycles. The van der Waals surface area contributed by atoms with Gasteiger partial charge in [-0.3, -0.25) is 9.59 Å². The molecule has 15 heavy (non-hydrogen) atoms. The van der Waals surface area contributed by atoms with Crippen LogP contribution in [0.15, 0.2) is 23.1 Å². The van der Waals surface area contributed by atoms with Crippen LogP contribution in [0.4, 0.5) is 0 Å². The summed E-state index contributed by atoms with van der Waals surface area (Å²) in [6.07, 6.45) is 1.64. The fourth-order valence-corrected chi connectivity index (χ4v) is 1.15. The van der Waals surface area contributed by atoms with Gasteiger partial charge in [0, 0.05) is 12.7 Å². The minimum absolute atomic E-state index is 0.122. The normalized spacial score (nSPS) is 9.93. The summed E-state index contributed by atoms with van der Waals surface area (Å²) < 4.78 is 5.99. The van der Waals surface area contributed by atoms with Crippen LogP contribution in [0.2, 0.25) is 0 Å². The molecular weight excluding hydrogens is 198 g/mol. The molecule has 0 fully saturated rings. The van der Waals surface area contributed by atoms with Crippen LogP contribution in [-0.2, 0) is 16.1 Å². The Kier molecular flexibility index (Phi) is 3.91. The Balaban J connectivity index is 2.62. The first-order chi connectivity index (χ1) is 7.15. The molecule has 1 aromatic heterocycles. The maximum Gasteiger partial charge on any atom is 0.307 e. The number of carbonyl (C=O) groups is 1. The third-order valence-corrected chi connectivity index (χ3v) is 1.86. The van der Waals surface area contributed by atoms with E-state index in [0.29, 0.717) is 6.61 Å². The van der Waals surface area contributed by atoms with Crippen LogP contribution in [0.1, 0.15) is 13.3 Å². The van der Waals surface area contributed by atoms with Gasteiger partial charge in [0.15, 0.2) is 5.75 Å². The standard InChI is InChI=1S/C10H13NO4/c1-2-15-9(13)5-7-11-6-3-4-8(12)10(11)14/h3-4,6,12H,2,5,7H2,1H3. The first kappa shape index (κ1) is 11.3. The molecule has 0 atom stereocenters. The number of rotatable bonds is 4. The predicted octanol–water partition coefficient (Wildman–Crippen LogP) is 0.507. The van der Waals surface area contributed by atoms with E-state index in [9.17, 15) is 9.59 Å². The summed E-state index contributed by atoms with van der Waals surface area (Å²) in [5.74, 6) is -0.672. The maximum absolute atomic E-state index is 11.3. The molecule has 0 amide bonds. The molecule has 1 aromatic rings. The fraction of sp³-hybridized carbons (Fsp3) is 0.400. The molecular formula is C10H13NO4. The first-order valence-electron chi connectivity index (χ1n) is 4.69. The van der Waals surface area contributed by atoms with Gasteiger partial charge in [0.05, 0.1) is 13.0 Å². The molecule has 82 valence electrons. The maximum atomic E-state index is 11.3. The van der Waals surface area contributed by atoms with E-state index >= 15 is 0 Å². The summed E-state index contributed by atoms with van der Waals surface area (Å²) in [5, 5.41) is 9.12. The highest BCUT2D eigenvalue weighted by Gasteiger charge is 2.04. The average Bonchev–Trinajstić information content (AvgIpc) is 2.21. The van der Waals surface area contributed by atoms with Gasteiger partial charge in [-0.15, -0.1) is 0 Å². The van der Waals surface area contributed by atoms with Crippen molar-refractivity contribution in [3.63, 3.8) is 0 Å². The van der Waals surface area contributed by atoms with Crippen LogP contribution in [0.3, 0.4) is 0 Å². The number of aryl methyl sites for hydroxylation is 1. The summed E-state index contributed by atoms with van der Waals surface area (Å²) in [5.41, 5.74) is -0.498. The van der Waals surface area contributed by atoms with Crippen molar-refractivity contribution in [3.8, 4) is 5.75 Å². The molecule has 1 N–H and O–H groups in total. The highest BCUT2D eigenvalue weighted by atomic mass is 16.5. The molecule has 0 saturated heterocycles. The van der Waals surface area contributed by atoms with Crippen molar-refractivity contribution in [2.24, 2.45) is 0 Å². The molecule has 0 bridgehead atoms. The highest BCUT2D eigenvalue weighted by Crippen LogP contribution is 1.99. The van der Waals surface area contributed by atoms with E-state index in [-0.39, 0.29) is 24.7 Å². The highest BCUT2D eigenvalue weighted by molar-refractivity contribution is 5.69. The molecule has 5 nitrogen and oxygen atoms in total. The predicted molar refractivity (Wildman–Crippen MR) is 53.6 cm³/mol. The van der Waals surface area contributed by atoms with Crippen LogP contribution in [0.5, 0.6) is 5.75 Å². The lowest BCUT2D eigenvalue weighted by Crippen LogP contribution is -2.20. The topological polar surface area (TPSA) is 68.5 Å². The minimum Gasteiger partial charge on any atom is -0.503 e. The third-order valence-electron chi connectivity index (χ3n) is 1.86. The number of esters is 1. The molecule has 0 saturated carbocycles. The summed E-state index contributed by atoms with van der Waals surface area (Å²) in [4.78, 5) is 22.3. The number of carbonyl (C=O) groups excluding carboxylic acids is 1. The SMILES string of the molecule is CCOC(=O)CCn1cccc(O)c1=O. The van der Waals surface area contributed by atoms with E-state index in [1.165, 1.54) is 16.8 Å². The number of ether oxygens (including phenoxy) is 1. The zero-order chi connectivity index (χ0) is 11.3. The van der Waals surface area contributed by atoms with Gasteiger partial charge in [-0.05, 0) is 19.1 Å². The third kappa shape index (κ3) is 3.12. The first-order valence-corrected chi connectivity index (χ1v) is 4.69. The van der Waals surface area contributed by atoms with Crippen LogP contribution in [-0.4, -0.2) is 22.2 Å². The van der Waals surface area contributed by atoms with E-state index in [4.69, 9.17) is 9.84 Å². The number of nitrogens with zero attached hydrogens (tertiary/aromatic N) is 1. The molecule has 0 radical (unpaired) electrons. The fourth-order valence-electron chi connectivity index (χ4n) is 1.15. The van der Waals surface area contributed by atoms with Gasteiger partial charge < -0.3 is 14.4 Å². The van der Waals surface area contributed by atoms with Gasteiger partial charge in [0.25, 0.3) is 5.56 Å². The molecule has 0 aromatic carbocycles. The van der Waals surface area contributed by atoms with Crippen LogP contribution in [0.25, 0.3) is 0 Å². The summed E-state index contributed by atoms with van der Waals surface area (Å²) in [6, 6.07) is 2.85. The summed E-state index contributed by atoms with van der Waals surface area (Å²) in [6.45, 7) is 2.26. The van der Waals surface area contributed by atoms with E-state index in [0.717, 1.165) is 0 Å². The zero-order valence-electron chi connectivity index (χ0n) is 8.47. The Bertz CT molecular complexity index is 397. The Morgan fingerprint density at radius 1 is 1.60 bits per heavy atom. The van der Waals surface area contributed by atoms with Gasteiger partial charge in [-0.1, -0.05) is 0 Å². The number of aromatic hydroxyl groups is 1. The largest absolute Gasteiger partial charge is 0.503 e. The van der Waals surface area contributed by atoms with E-state index in [1.54, 1.807) is 13.0 Å². The van der Waals surface area contributed by atoms with Crippen LogP contribution >= 0.6 is 0 Å². The van der Waals surface area contributed by atoms with Crippen molar-refractivity contribution in [1.29, 1.82) is 0 Å². The molecule has 5 heteroatoms. The Morgan fingerprint density at radius 2 is 2.33 bits per heavy atom. The molecule has 1 rings (SSSR count). The second-order valence-corrected chi connectivity index (χ2v) is 2.95. The number of aromatic nitrogens is 1. The van der Waals surface area contributed by atoms with Gasteiger partial charge >= 0.3 is 5.97 Å². The number of hydrogen-bond acceptors (Lipinski definition) is 4. The van der Waals surface area contributed by atoms with E-state index < -0.39 is 5.56 Å². The minimum atomic E-state index is -0.498. The van der Waals surface area contributed by atoms with Crippen molar-refractivity contribution in [3.05, 3.63) is 28.7 Å². The Hall–Kier alpha value is -1.78. The quantitative estimate of drug-likeness (QED) is 0.736. The summed E-state index contributed by atoms with van der Waals surface area (Å²) >= 11 is 0. The van der Waals surface area contributed by atoms with Gasteiger partial charge in [-0.2, -0.15) is 0 Å². The van der Waals surface area contributed by atoms with Crippen LogP contribution < -0.4 is 5.56 Å². The summed E-state index contributed by atoms with van der Waals surface area (Å²) in [7, 11) is 0. The van der Waals surface area contributed by atoms with Crippen LogP contribution in [0, 0.1) is 0 Å². The zero-order valence-corrected chi connectivity index (χ0v) is 8.47. The van der Waals surface area contributed by atoms with Crippen molar-refractivity contribution >= 4 is 5.97 Å². The number of pyridine rings is 1. The van der Waals surface area contributed by atoms with Gasteiger partial charge in [0.1, 0.15) is 0 Å². The lowest BCUT2D eigenvalue weighted by atomic mass is 10.4.